The first-order valence-electron chi connectivity index (χ1n) is 7.03. The topological polar surface area (TPSA) is 75.2 Å². The molecule has 1 N–H and O–H groups in total. The van der Waals surface area contributed by atoms with Gasteiger partial charge in [-0.05, 0) is 37.7 Å². The van der Waals surface area contributed by atoms with Gasteiger partial charge >= 0.3 is 0 Å². The largest absolute Gasteiger partial charge is 0.367 e. The van der Waals surface area contributed by atoms with E-state index in [0.717, 1.165) is 25.1 Å². The summed E-state index contributed by atoms with van der Waals surface area (Å²) in [6, 6.07) is 2.25. The van der Waals surface area contributed by atoms with Crippen LogP contribution in [0.4, 0.5) is 5.82 Å². The highest BCUT2D eigenvalue weighted by Gasteiger charge is 2.50. The number of anilines is 1. The Kier molecular flexibility index (Phi) is 3.41. The summed E-state index contributed by atoms with van der Waals surface area (Å²) < 4.78 is 25.5. The smallest absolute Gasteiger partial charge is 0.213 e. The van der Waals surface area contributed by atoms with Crippen molar-refractivity contribution >= 4 is 15.8 Å². The molecule has 110 valence electrons. The van der Waals surface area contributed by atoms with Gasteiger partial charge in [0.1, 0.15) is 12.1 Å². The maximum Gasteiger partial charge on any atom is 0.213 e. The van der Waals surface area contributed by atoms with Gasteiger partial charge in [-0.2, -0.15) is 0 Å². The minimum absolute atomic E-state index is 0.187. The van der Waals surface area contributed by atoms with Crippen molar-refractivity contribution in [2.45, 2.75) is 32.2 Å². The van der Waals surface area contributed by atoms with E-state index in [2.05, 4.69) is 15.3 Å². The third kappa shape index (κ3) is 2.52. The molecule has 0 unspecified atom stereocenters. The lowest BCUT2D eigenvalue weighted by Crippen LogP contribution is -2.47. The summed E-state index contributed by atoms with van der Waals surface area (Å²) in [4.78, 5) is 8.04. The number of rotatable bonds is 4. The van der Waals surface area contributed by atoms with E-state index < -0.39 is 10.0 Å². The van der Waals surface area contributed by atoms with Gasteiger partial charge in [0, 0.05) is 25.3 Å². The molecular weight excluding hydrogens is 276 g/mol. The Balaban J connectivity index is 1.56. The zero-order chi connectivity index (χ0) is 14.2. The van der Waals surface area contributed by atoms with Crippen LogP contribution in [0.25, 0.3) is 0 Å². The fourth-order valence-electron chi connectivity index (χ4n) is 3.32. The molecule has 1 saturated heterocycles. The SMILES string of the molecule is CCS(=O)(=O)N1CCC2(CC(Nc3ccncn3)C2)C1. The Labute approximate surface area is 119 Å². The summed E-state index contributed by atoms with van der Waals surface area (Å²) in [5.74, 6) is 1.04. The number of hydrogen-bond acceptors (Lipinski definition) is 5. The highest BCUT2D eigenvalue weighted by atomic mass is 32.2. The van der Waals surface area contributed by atoms with E-state index in [-0.39, 0.29) is 11.2 Å². The van der Waals surface area contributed by atoms with Crippen LogP contribution in [0.3, 0.4) is 0 Å². The molecule has 7 heteroatoms. The van der Waals surface area contributed by atoms with Crippen molar-refractivity contribution in [3.63, 3.8) is 0 Å². The monoisotopic (exact) mass is 296 g/mol. The molecule has 2 heterocycles. The van der Waals surface area contributed by atoms with Gasteiger partial charge in [-0.3, -0.25) is 0 Å². The molecule has 20 heavy (non-hydrogen) atoms. The second-order valence-corrected chi connectivity index (χ2v) is 8.09. The molecular formula is C13H20N4O2S. The molecule has 0 aromatic carbocycles. The maximum absolute atomic E-state index is 11.9. The van der Waals surface area contributed by atoms with Gasteiger partial charge in [0.05, 0.1) is 5.75 Å². The maximum atomic E-state index is 11.9. The molecule has 0 bridgehead atoms. The van der Waals surface area contributed by atoms with Gasteiger partial charge in [0.25, 0.3) is 0 Å². The van der Waals surface area contributed by atoms with Gasteiger partial charge in [-0.25, -0.2) is 22.7 Å². The predicted octanol–water partition coefficient (Wildman–Crippen LogP) is 1.09. The fourth-order valence-corrected chi connectivity index (χ4v) is 4.53. The van der Waals surface area contributed by atoms with Crippen LogP contribution in [0.15, 0.2) is 18.6 Å². The van der Waals surface area contributed by atoms with E-state index in [4.69, 9.17) is 0 Å². The zero-order valence-electron chi connectivity index (χ0n) is 11.6. The molecule has 1 saturated carbocycles. The molecule has 3 rings (SSSR count). The number of nitrogens with one attached hydrogen (secondary N) is 1. The second kappa shape index (κ2) is 4.96. The van der Waals surface area contributed by atoms with E-state index in [1.807, 2.05) is 6.07 Å². The average Bonchev–Trinajstić information content (AvgIpc) is 2.85. The van der Waals surface area contributed by atoms with Gasteiger partial charge < -0.3 is 5.32 Å². The van der Waals surface area contributed by atoms with Crippen molar-refractivity contribution in [1.29, 1.82) is 0 Å². The molecule has 1 aromatic heterocycles. The minimum Gasteiger partial charge on any atom is -0.367 e. The molecule has 0 radical (unpaired) electrons. The zero-order valence-corrected chi connectivity index (χ0v) is 12.4. The van der Waals surface area contributed by atoms with Crippen molar-refractivity contribution in [2.24, 2.45) is 5.41 Å². The predicted molar refractivity (Wildman–Crippen MR) is 76.8 cm³/mol. The van der Waals surface area contributed by atoms with E-state index in [1.54, 1.807) is 17.4 Å². The lowest BCUT2D eigenvalue weighted by Gasteiger charge is -2.45. The van der Waals surface area contributed by atoms with Crippen LogP contribution in [0.1, 0.15) is 26.2 Å². The quantitative estimate of drug-likeness (QED) is 0.900. The first-order chi connectivity index (χ1) is 9.53. The summed E-state index contributed by atoms with van der Waals surface area (Å²) in [5, 5.41) is 3.38. The third-order valence-corrected chi connectivity index (χ3v) is 6.28. The molecule has 1 aromatic rings. The highest BCUT2D eigenvalue weighted by molar-refractivity contribution is 7.89. The van der Waals surface area contributed by atoms with Crippen LogP contribution in [-0.4, -0.2) is 47.6 Å². The van der Waals surface area contributed by atoms with Crippen molar-refractivity contribution in [2.75, 3.05) is 24.2 Å². The summed E-state index contributed by atoms with van der Waals surface area (Å²) in [5.41, 5.74) is 0.187. The van der Waals surface area contributed by atoms with Crippen LogP contribution < -0.4 is 5.32 Å². The fraction of sp³-hybridized carbons (Fsp3) is 0.692. The van der Waals surface area contributed by atoms with Crippen LogP contribution in [0.5, 0.6) is 0 Å². The number of hydrogen-bond donors (Lipinski definition) is 1. The van der Waals surface area contributed by atoms with Crippen molar-refractivity contribution < 1.29 is 8.42 Å². The molecule has 1 aliphatic heterocycles. The van der Waals surface area contributed by atoms with E-state index in [9.17, 15) is 8.42 Å². The van der Waals surface area contributed by atoms with Crippen molar-refractivity contribution in [1.82, 2.24) is 14.3 Å². The Morgan fingerprint density at radius 1 is 1.50 bits per heavy atom. The molecule has 2 fully saturated rings. The Hall–Kier alpha value is -1.21. The van der Waals surface area contributed by atoms with Crippen LogP contribution in [-0.2, 0) is 10.0 Å². The highest BCUT2D eigenvalue weighted by Crippen LogP contribution is 2.49. The van der Waals surface area contributed by atoms with E-state index in [1.165, 1.54) is 6.33 Å². The second-order valence-electron chi connectivity index (χ2n) is 5.83. The van der Waals surface area contributed by atoms with E-state index >= 15 is 0 Å². The van der Waals surface area contributed by atoms with Crippen molar-refractivity contribution in [3.8, 4) is 0 Å². The third-order valence-electron chi connectivity index (χ3n) is 4.45. The Bertz CT molecular complexity index is 569. The number of aromatic nitrogens is 2. The average molecular weight is 296 g/mol. The normalized spacial score (nSPS) is 30.4. The molecule has 2 aliphatic rings. The molecule has 1 aliphatic carbocycles. The molecule has 0 amide bonds. The standard InChI is InChI=1S/C13H20N4O2S/c1-2-20(18,19)17-6-4-13(9-17)7-11(8-13)16-12-3-5-14-10-15-12/h3,5,10-11H,2,4,6-9H2,1H3,(H,14,15,16). The van der Waals surface area contributed by atoms with Crippen LogP contribution in [0, 0.1) is 5.41 Å². The molecule has 0 atom stereocenters. The van der Waals surface area contributed by atoms with Crippen LogP contribution >= 0.6 is 0 Å². The summed E-state index contributed by atoms with van der Waals surface area (Å²) in [7, 11) is -3.03. The first kappa shape index (κ1) is 13.8. The van der Waals surface area contributed by atoms with Gasteiger partial charge in [-0.1, -0.05) is 0 Å². The molecule has 6 nitrogen and oxygen atoms in total. The molecule has 1 spiro atoms. The first-order valence-corrected chi connectivity index (χ1v) is 8.64. The van der Waals surface area contributed by atoms with Gasteiger partial charge in [-0.15, -0.1) is 0 Å². The summed E-state index contributed by atoms with van der Waals surface area (Å²) >= 11 is 0. The Morgan fingerprint density at radius 3 is 2.95 bits per heavy atom. The van der Waals surface area contributed by atoms with Crippen molar-refractivity contribution in [3.05, 3.63) is 18.6 Å². The lowest BCUT2D eigenvalue weighted by molar-refractivity contribution is 0.133. The number of sulfonamides is 1. The minimum atomic E-state index is -3.03. The Morgan fingerprint density at radius 2 is 2.30 bits per heavy atom. The number of nitrogens with zero attached hydrogens (tertiary/aromatic N) is 3. The van der Waals surface area contributed by atoms with Gasteiger partial charge in [0.15, 0.2) is 0 Å². The summed E-state index contributed by atoms with van der Waals surface area (Å²) in [6.07, 6.45) is 6.27. The van der Waals surface area contributed by atoms with Gasteiger partial charge in [0.2, 0.25) is 10.0 Å². The summed E-state index contributed by atoms with van der Waals surface area (Å²) in [6.45, 7) is 3.07. The van der Waals surface area contributed by atoms with Crippen LogP contribution in [0.2, 0.25) is 0 Å². The van der Waals surface area contributed by atoms with E-state index in [0.29, 0.717) is 19.1 Å². The lowest BCUT2D eigenvalue weighted by atomic mass is 9.65.